The molecule has 0 radical (unpaired) electrons. The minimum absolute atomic E-state index is 0.100. The molecule has 1 aromatic rings. The number of nitrogens with one attached hydrogen (secondary N) is 2. The van der Waals surface area contributed by atoms with Crippen molar-refractivity contribution in [3.8, 4) is 0 Å². The predicted octanol–water partition coefficient (Wildman–Crippen LogP) is 1.35. The molecule has 0 aliphatic carbocycles. The molecule has 0 aromatic heterocycles. The molecule has 0 saturated carbocycles. The molecule has 118 valence electrons. The second-order valence-corrected chi connectivity index (χ2v) is 7.13. The van der Waals surface area contributed by atoms with Crippen molar-refractivity contribution in [1.29, 1.82) is 0 Å². The van der Waals surface area contributed by atoms with Crippen LogP contribution in [-0.2, 0) is 22.8 Å². The van der Waals surface area contributed by atoms with Gasteiger partial charge in [-0.2, -0.15) is 0 Å². The van der Waals surface area contributed by atoms with E-state index in [9.17, 15) is 8.42 Å². The van der Waals surface area contributed by atoms with E-state index in [-0.39, 0.29) is 5.75 Å². The van der Waals surface area contributed by atoms with Gasteiger partial charge in [-0.15, -0.1) is 0 Å². The monoisotopic (exact) mass is 311 g/mol. The molecule has 0 saturated heterocycles. The lowest BCUT2D eigenvalue weighted by atomic mass is 10.1. The number of nitrogens with zero attached hydrogens (tertiary/aromatic N) is 1. The molecule has 5 nitrogen and oxygen atoms in total. The summed E-state index contributed by atoms with van der Waals surface area (Å²) < 4.78 is 22.3. The summed E-state index contributed by atoms with van der Waals surface area (Å²) in [6.07, 6.45) is 2.21. The Morgan fingerprint density at radius 1 is 1.14 bits per heavy atom. The van der Waals surface area contributed by atoms with Gasteiger partial charge >= 0.3 is 0 Å². The van der Waals surface area contributed by atoms with E-state index < -0.39 is 9.84 Å². The third-order valence-electron chi connectivity index (χ3n) is 3.02. The average Bonchev–Trinajstić information content (AvgIpc) is 2.43. The summed E-state index contributed by atoms with van der Waals surface area (Å²) in [7, 11) is -2.96. The van der Waals surface area contributed by atoms with Crippen molar-refractivity contribution in [3.05, 3.63) is 35.4 Å². The average molecular weight is 311 g/mol. The van der Waals surface area contributed by atoms with Gasteiger partial charge in [-0.3, -0.25) is 0 Å². The van der Waals surface area contributed by atoms with E-state index in [4.69, 9.17) is 0 Å². The highest BCUT2D eigenvalue weighted by atomic mass is 32.2. The van der Waals surface area contributed by atoms with Crippen LogP contribution >= 0.6 is 0 Å². The third-order valence-corrected chi connectivity index (χ3v) is 3.96. The van der Waals surface area contributed by atoms with Gasteiger partial charge in [0.15, 0.2) is 5.96 Å². The Kier molecular flexibility index (Phi) is 7.22. The summed E-state index contributed by atoms with van der Waals surface area (Å²) in [5.41, 5.74) is 2.48. The molecule has 2 N–H and O–H groups in total. The van der Waals surface area contributed by atoms with E-state index in [0.717, 1.165) is 13.0 Å². The zero-order chi connectivity index (χ0) is 15.7. The molecular formula is C15H25N3O2S. The van der Waals surface area contributed by atoms with Crippen LogP contribution < -0.4 is 10.6 Å². The minimum atomic E-state index is -2.96. The SMILES string of the molecule is CCNC(=NCc1ccccc1CC)NCCS(C)(=O)=O. The van der Waals surface area contributed by atoms with Crippen LogP contribution in [-0.4, -0.2) is 39.5 Å². The highest BCUT2D eigenvalue weighted by Gasteiger charge is 2.04. The zero-order valence-corrected chi connectivity index (χ0v) is 13.8. The molecule has 0 spiro atoms. The van der Waals surface area contributed by atoms with Crippen LogP contribution in [0.2, 0.25) is 0 Å². The van der Waals surface area contributed by atoms with Gasteiger partial charge in [-0.1, -0.05) is 31.2 Å². The molecule has 0 fully saturated rings. The largest absolute Gasteiger partial charge is 0.357 e. The van der Waals surface area contributed by atoms with E-state index in [1.54, 1.807) is 0 Å². The summed E-state index contributed by atoms with van der Waals surface area (Å²) in [6.45, 7) is 5.78. The predicted molar refractivity (Wildman–Crippen MR) is 88.3 cm³/mol. The molecule has 0 aliphatic heterocycles. The van der Waals surface area contributed by atoms with Gasteiger partial charge in [-0.05, 0) is 24.5 Å². The van der Waals surface area contributed by atoms with E-state index in [1.807, 2.05) is 19.1 Å². The summed E-state index contributed by atoms with van der Waals surface area (Å²) in [6, 6.07) is 8.22. The first-order valence-electron chi connectivity index (χ1n) is 7.23. The minimum Gasteiger partial charge on any atom is -0.357 e. The Morgan fingerprint density at radius 3 is 2.38 bits per heavy atom. The number of benzene rings is 1. The Morgan fingerprint density at radius 2 is 1.81 bits per heavy atom. The van der Waals surface area contributed by atoms with Crippen molar-refractivity contribution >= 4 is 15.8 Å². The van der Waals surface area contributed by atoms with Crippen LogP contribution in [0.4, 0.5) is 0 Å². The summed E-state index contributed by atoms with van der Waals surface area (Å²) in [5.74, 6) is 0.746. The number of hydrogen-bond donors (Lipinski definition) is 2. The molecule has 6 heteroatoms. The molecule has 0 amide bonds. The van der Waals surface area contributed by atoms with Crippen LogP contribution in [0.15, 0.2) is 29.3 Å². The van der Waals surface area contributed by atoms with E-state index in [2.05, 4.69) is 34.7 Å². The third kappa shape index (κ3) is 7.13. The highest BCUT2D eigenvalue weighted by molar-refractivity contribution is 7.90. The van der Waals surface area contributed by atoms with Gasteiger partial charge in [0, 0.05) is 19.3 Å². The maximum atomic E-state index is 11.1. The fraction of sp³-hybridized carbons (Fsp3) is 0.533. The Labute approximate surface area is 127 Å². The Hall–Kier alpha value is -1.56. The maximum absolute atomic E-state index is 11.1. The molecular weight excluding hydrogens is 286 g/mol. The van der Waals surface area contributed by atoms with Crippen LogP contribution in [0.5, 0.6) is 0 Å². The number of aliphatic imine (C=N–C) groups is 1. The van der Waals surface area contributed by atoms with Gasteiger partial charge in [0.1, 0.15) is 9.84 Å². The fourth-order valence-corrected chi connectivity index (χ4v) is 2.39. The molecule has 1 rings (SSSR count). The summed E-state index contributed by atoms with van der Waals surface area (Å²) in [5, 5.41) is 6.17. The van der Waals surface area contributed by atoms with Crippen molar-refractivity contribution in [1.82, 2.24) is 10.6 Å². The van der Waals surface area contributed by atoms with Crippen molar-refractivity contribution < 1.29 is 8.42 Å². The van der Waals surface area contributed by atoms with Gasteiger partial charge in [0.25, 0.3) is 0 Å². The number of hydrogen-bond acceptors (Lipinski definition) is 3. The summed E-state index contributed by atoms with van der Waals surface area (Å²) in [4.78, 5) is 4.51. The van der Waals surface area contributed by atoms with Crippen LogP contribution in [0.25, 0.3) is 0 Å². The van der Waals surface area contributed by atoms with Crippen molar-refractivity contribution in [2.24, 2.45) is 4.99 Å². The Balaban J connectivity index is 2.66. The molecule has 0 atom stereocenters. The normalized spacial score (nSPS) is 12.2. The van der Waals surface area contributed by atoms with Crippen LogP contribution in [0, 0.1) is 0 Å². The lowest BCUT2D eigenvalue weighted by Gasteiger charge is -2.11. The highest BCUT2D eigenvalue weighted by Crippen LogP contribution is 2.10. The molecule has 0 heterocycles. The molecule has 0 bridgehead atoms. The second kappa shape index (κ2) is 8.67. The van der Waals surface area contributed by atoms with Crippen LogP contribution in [0.1, 0.15) is 25.0 Å². The lowest BCUT2D eigenvalue weighted by Crippen LogP contribution is -2.39. The standard InChI is InChI=1S/C15H25N3O2S/c1-4-13-8-6-7-9-14(13)12-18-15(16-5-2)17-10-11-21(3,19)20/h6-9H,4-5,10-12H2,1-3H3,(H2,16,17,18). The first-order chi connectivity index (χ1) is 9.96. The maximum Gasteiger partial charge on any atom is 0.191 e. The Bertz CT molecular complexity index is 568. The van der Waals surface area contributed by atoms with E-state index in [1.165, 1.54) is 17.4 Å². The van der Waals surface area contributed by atoms with Crippen molar-refractivity contribution in [2.45, 2.75) is 26.8 Å². The van der Waals surface area contributed by atoms with Gasteiger partial charge in [0.2, 0.25) is 0 Å². The van der Waals surface area contributed by atoms with Crippen LogP contribution in [0.3, 0.4) is 0 Å². The molecule has 0 unspecified atom stereocenters. The quantitative estimate of drug-likeness (QED) is 0.589. The van der Waals surface area contributed by atoms with Gasteiger partial charge in [-0.25, -0.2) is 13.4 Å². The smallest absolute Gasteiger partial charge is 0.191 e. The first kappa shape index (κ1) is 17.5. The fourth-order valence-electron chi connectivity index (χ4n) is 1.92. The summed E-state index contributed by atoms with van der Waals surface area (Å²) >= 11 is 0. The van der Waals surface area contributed by atoms with E-state index in [0.29, 0.717) is 19.0 Å². The lowest BCUT2D eigenvalue weighted by molar-refractivity contribution is 0.600. The van der Waals surface area contributed by atoms with Crippen molar-refractivity contribution in [3.63, 3.8) is 0 Å². The second-order valence-electron chi connectivity index (χ2n) is 4.87. The number of aryl methyl sites for hydroxylation is 1. The van der Waals surface area contributed by atoms with E-state index >= 15 is 0 Å². The number of sulfone groups is 1. The number of guanidine groups is 1. The van der Waals surface area contributed by atoms with Gasteiger partial charge < -0.3 is 10.6 Å². The molecule has 0 aliphatic rings. The molecule has 21 heavy (non-hydrogen) atoms. The first-order valence-corrected chi connectivity index (χ1v) is 9.29. The zero-order valence-electron chi connectivity index (χ0n) is 13.0. The number of rotatable bonds is 7. The molecule has 1 aromatic carbocycles. The van der Waals surface area contributed by atoms with Gasteiger partial charge in [0.05, 0.1) is 12.3 Å². The van der Waals surface area contributed by atoms with Crippen molar-refractivity contribution in [2.75, 3.05) is 25.1 Å². The topological polar surface area (TPSA) is 70.6 Å².